The molecule has 1 aromatic carbocycles. The second-order valence-corrected chi connectivity index (χ2v) is 7.73. The Kier molecular flexibility index (Phi) is 4.57. The third-order valence-electron chi connectivity index (χ3n) is 4.65. The van der Waals surface area contributed by atoms with Gasteiger partial charge in [-0.25, -0.2) is 9.29 Å². The second-order valence-electron chi connectivity index (χ2n) is 6.79. The third kappa shape index (κ3) is 3.17. The lowest BCUT2D eigenvalue weighted by Gasteiger charge is -2.37. The van der Waals surface area contributed by atoms with Gasteiger partial charge in [-0.05, 0) is 49.6 Å². The first-order valence-electron chi connectivity index (χ1n) is 8.78. The van der Waals surface area contributed by atoms with Gasteiger partial charge in [0.25, 0.3) is 11.8 Å². The molecule has 2 unspecified atom stereocenters. The first-order chi connectivity index (χ1) is 13.0. The molecule has 0 N–H and O–H groups in total. The molecule has 0 aliphatic carbocycles. The number of ether oxygens (including phenoxy) is 1. The third-order valence-corrected chi connectivity index (χ3v) is 5.54. The van der Waals surface area contributed by atoms with E-state index in [1.54, 1.807) is 0 Å². The molecule has 1 aromatic heterocycles. The number of hydrogen-bond donors (Lipinski definition) is 0. The van der Waals surface area contributed by atoms with Crippen molar-refractivity contribution in [3.05, 3.63) is 58.2 Å². The Hall–Kier alpha value is -2.51. The summed E-state index contributed by atoms with van der Waals surface area (Å²) in [6.07, 6.45) is -0.0952. The highest BCUT2D eigenvalue weighted by Crippen LogP contribution is 2.37. The van der Waals surface area contributed by atoms with Crippen molar-refractivity contribution >= 4 is 34.4 Å². The summed E-state index contributed by atoms with van der Waals surface area (Å²) in [4.78, 5) is 30.3. The lowest BCUT2D eigenvalue weighted by atomic mass is 10.1. The number of morpholine rings is 1. The van der Waals surface area contributed by atoms with Crippen molar-refractivity contribution in [3.63, 3.8) is 0 Å². The maximum absolute atomic E-state index is 13.3. The number of halogens is 1. The molecule has 2 amide bonds. The van der Waals surface area contributed by atoms with E-state index in [2.05, 4.69) is 0 Å². The monoisotopic (exact) mass is 386 g/mol. The van der Waals surface area contributed by atoms with E-state index in [9.17, 15) is 14.0 Å². The van der Waals surface area contributed by atoms with Crippen LogP contribution in [0.2, 0.25) is 0 Å². The van der Waals surface area contributed by atoms with E-state index in [1.807, 2.05) is 36.3 Å². The zero-order chi connectivity index (χ0) is 19.1. The van der Waals surface area contributed by atoms with Crippen LogP contribution >= 0.6 is 11.3 Å². The van der Waals surface area contributed by atoms with Crippen molar-refractivity contribution in [1.29, 1.82) is 0 Å². The molecule has 3 heterocycles. The quantitative estimate of drug-likeness (QED) is 0.760. The van der Waals surface area contributed by atoms with Crippen LogP contribution in [-0.4, -0.2) is 42.0 Å². The number of amides is 2. The Balaban J connectivity index is 1.80. The van der Waals surface area contributed by atoms with E-state index in [-0.39, 0.29) is 24.0 Å². The summed E-state index contributed by atoms with van der Waals surface area (Å²) in [6.45, 7) is 4.97. The Morgan fingerprint density at radius 1 is 1.04 bits per heavy atom. The maximum Gasteiger partial charge on any atom is 0.282 e. The fourth-order valence-electron chi connectivity index (χ4n) is 3.64. The van der Waals surface area contributed by atoms with E-state index >= 15 is 0 Å². The van der Waals surface area contributed by atoms with Gasteiger partial charge in [0.15, 0.2) is 0 Å². The van der Waals surface area contributed by atoms with E-state index < -0.39 is 5.82 Å². The Morgan fingerprint density at radius 3 is 2.30 bits per heavy atom. The molecule has 27 heavy (non-hydrogen) atoms. The van der Waals surface area contributed by atoms with Gasteiger partial charge in [0.2, 0.25) is 0 Å². The summed E-state index contributed by atoms with van der Waals surface area (Å²) in [6, 6.07) is 9.09. The van der Waals surface area contributed by atoms with Crippen molar-refractivity contribution < 1.29 is 18.7 Å². The molecule has 140 valence electrons. The normalized spacial score (nSPS) is 23.5. The number of carbonyl (C=O) groups is 2. The molecule has 1 saturated heterocycles. The van der Waals surface area contributed by atoms with Crippen LogP contribution < -0.4 is 4.90 Å². The number of rotatable bonds is 3. The van der Waals surface area contributed by atoms with Crippen LogP contribution in [0.1, 0.15) is 18.7 Å². The lowest BCUT2D eigenvalue weighted by Crippen LogP contribution is -2.47. The van der Waals surface area contributed by atoms with Gasteiger partial charge < -0.3 is 9.64 Å². The zero-order valence-corrected chi connectivity index (χ0v) is 15.8. The van der Waals surface area contributed by atoms with E-state index in [0.29, 0.717) is 30.0 Å². The van der Waals surface area contributed by atoms with Crippen LogP contribution in [-0.2, 0) is 14.3 Å². The minimum Gasteiger partial charge on any atom is -0.372 e. The number of anilines is 1. The van der Waals surface area contributed by atoms with Gasteiger partial charge in [-0.3, -0.25) is 9.59 Å². The summed E-state index contributed by atoms with van der Waals surface area (Å²) >= 11 is 1.42. The van der Waals surface area contributed by atoms with Crippen molar-refractivity contribution in [3.8, 4) is 0 Å². The molecule has 1 fully saturated rings. The van der Waals surface area contributed by atoms with Gasteiger partial charge in [0, 0.05) is 18.0 Å². The highest BCUT2D eigenvalue weighted by molar-refractivity contribution is 7.11. The number of thiophene rings is 1. The predicted molar refractivity (Wildman–Crippen MR) is 102 cm³/mol. The first kappa shape index (κ1) is 17.9. The summed E-state index contributed by atoms with van der Waals surface area (Å²) in [5.41, 5.74) is 1.17. The van der Waals surface area contributed by atoms with Gasteiger partial charge >= 0.3 is 0 Å². The summed E-state index contributed by atoms with van der Waals surface area (Å²) in [5, 5.41) is 1.88. The molecule has 0 saturated carbocycles. The molecule has 0 bridgehead atoms. The van der Waals surface area contributed by atoms with Crippen molar-refractivity contribution in [2.24, 2.45) is 0 Å². The van der Waals surface area contributed by atoms with Gasteiger partial charge in [-0.2, -0.15) is 0 Å². The average Bonchev–Trinajstić information content (AvgIpc) is 3.21. The molecular weight excluding hydrogens is 367 g/mol. The van der Waals surface area contributed by atoms with E-state index in [1.165, 1.54) is 35.6 Å². The number of carbonyl (C=O) groups excluding carboxylic acids is 2. The average molecular weight is 386 g/mol. The number of benzene rings is 1. The largest absolute Gasteiger partial charge is 0.372 e. The van der Waals surface area contributed by atoms with Crippen molar-refractivity contribution in [1.82, 2.24) is 4.90 Å². The van der Waals surface area contributed by atoms with Crippen molar-refractivity contribution in [2.45, 2.75) is 26.1 Å². The number of hydrogen-bond acceptors (Lipinski definition) is 5. The molecular formula is C20H19FN2O3S. The lowest BCUT2D eigenvalue weighted by molar-refractivity contribution is -0.121. The van der Waals surface area contributed by atoms with E-state index in [0.717, 1.165) is 9.78 Å². The smallest absolute Gasteiger partial charge is 0.282 e. The molecule has 2 aliphatic rings. The number of imide groups is 1. The molecule has 0 radical (unpaired) electrons. The Bertz CT molecular complexity index is 898. The van der Waals surface area contributed by atoms with Crippen LogP contribution in [0.25, 0.3) is 5.57 Å². The van der Waals surface area contributed by atoms with Gasteiger partial charge in [0.05, 0.1) is 23.5 Å². The molecule has 4 rings (SSSR count). The van der Waals surface area contributed by atoms with Gasteiger partial charge in [0.1, 0.15) is 11.5 Å². The standard InChI is InChI=1S/C20H19FN2O3S/c1-12-10-22(11-13(2)26-12)18-17(16-4-3-9-27-16)19(24)23(20(18)25)15-7-5-14(21)6-8-15/h3-9,12-13H,10-11H2,1-2H3. The molecule has 0 spiro atoms. The van der Waals surface area contributed by atoms with Crippen LogP contribution in [0.4, 0.5) is 10.1 Å². The van der Waals surface area contributed by atoms with Gasteiger partial charge in [-0.15, -0.1) is 11.3 Å². The highest BCUT2D eigenvalue weighted by atomic mass is 32.1. The predicted octanol–water partition coefficient (Wildman–Crippen LogP) is 3.28. The fraction of sp³-hybridized carbons (Fsp3) is 0.300. The minimum atomic E-state index is -0.416. The topological polar surface area (TPSA) is 49.9 Å². The number of nitrogens with zero attached hydrogens (tertiary/aromatic N) is 2. The summed E-state index contributed by atoms with van der Waals surface area (Å²) < 4.78 is 19.1. The highest BCUT2D eigenvalue weighted by Gasteiger charge is 2.44. The van der Waals surface area contributed by atoms with Gasteiger partial charge in [-0.1, -0.05) is 6.07 Å². The molecule has 2 aromatic rings. The first-order valence-corrected chi connectivity index (χ1v) is 9.66. The molecule has 2 aliphatic heterocycles. The minimum absolute atomic E-state index is 0.0476. The maximum atomic E-state index is 13.3. The van der Waals surface area contributed by atoms with Crippen LogP contribution in [0, 0.1) is 5.82 Å². The fourth-order valence-corrected chi connectivity index (χ4v) is 4.40. The van der Waals surface area contributed by atoms with E-state index in [4.69, 9.17) is 4.74 Å². The summed E-state index contributed by atoms with van der Waals surface area (Å²) in [7, 11) is 0. The summed E-state index contributed by atoms with van der Waals surface area (Å²) in [5.74, 6) is -1.17. The molecule has 7 heteroatoms. The van der Waals surface area contributed by atoms with Crippen LogP contribution in [0.15, 0.2) is 47.5 Å². The van der Waals surface area contributed by atoms with Crippen LogP contribution in [0.5, 0.6) is 0 Å². The molecule has 5 nitrogen and oxygen atoms in total. The molecule has 2 atom stereocenters. The Labute approximate surface area is 160 Å². The SMILES string of the molecule is CC1CN(C2=C(c3cccs3)C(=O)N(c3ccc(F)cc3)C2=O)CC(C)O1. The zero-order valence-electron chi connectivity index (χ0n) is 15.0. The van der Waals surface area contributed by atoms with Crippen molar-refractivity contribution in [2.75, 3.05) is 18.0 Å². The second kappa shape index (κ2) is 6.90. The Morgan fingerprint density at radius 2 is 1.70 bits per heavy atom. The van der Waals surface area contributed by atoms with Crippen LogP contribution in [0.3, 0.4) is 0 Å².